The zero-order chi connectivity index (χ0) is 26.2. The maximum Gasteiger partial charge on any atom is 0.0720 e. The predicted molar refractivity (Wildman–Crippen MR) is 154 cm³/mol. The highest BCUT2D eigenvalue weighted by Crippen LogP contribution is 2.67. The smallest absolute Gasteiger partial charge is 0.0720 e. The van der Waals surface area contributed by atoms with Crippen LogP contribution in [0.4, 0.5) is 0 Å². The molecule has 3 fully saturated rings. The van der Waals surface area contributed by atoms with Gasteiger partial charge in [-0.3, -0.25) is 0 Å². The molecule has 0 saturated heterocycles. The molecule has 37 heavy (non-hydrogen) atoms. The third-order valence-electron chi connectivity index (χ3n) is 11.9. The monoisotopic (exact) mass is 502 g/mol. The Kier molecular flexibility index (Phi) is 8.33. The van der Waals surface area contributed by atoms with Crippen LogP contribution in [-0.2, 0) is 11.3 Å². The fraction of sp³-hybridized carbons (Fsp3) is 0.765. The number of rotatable bonds is 9. The van der Waals surface area contributed by atoms with E-state index in [1.807, 2.05) is 0 Å². The Morgan fingerprint density at radius 1 is 1.05 bits per heavy atom. The molecule has 0 amide bonds. The highest BCUT2D eigenvalue weighted by molar-refractivity contribution is 6.08. The van der Waals surface area contributed by atoms with Gasteiger partial charge in [-0.05, 0) is 90.9 Å². The van der Waals surface area contributed by atoms with Crippen molar-refractivity contribution in [1.82, 2.24) is 0 Å². The molecule has 0 heterocycles. The van der Waals surface area contributed by atoms with Crippen LogP contribution in [0.3, 0.4) is 0 Å². The number of benzene rings is 1. The van der Waals surface area contributed by atoms with Crippen LogP contribution in [0.2, 0.25) is 6.32 Å². The van der Waals surface area contributed by atoms with Crippen LogP contribution >= 0.6 is 0 Å². The second-order valence-corrected chi connectivity index (χ2v) is 14.0. The molecule has 0 bridgehead atoms. The first-order valence-corrected chi connectivity index (χ1v) is 15.5. The molecule has 1 N–H and O–H groups in total. The maximum atomic E-state index is 11.4. The van der Waals surface area contributed by atoms with Crippen LogP contribution < -0.4 is 0 Å². The van der Waals surface area contributed by atoms with Gasteiger partial charge in [0.05, 0.1) is 26.7 Å². The Morgan fingerprint density at radius 2 is 1.84 bits per heavy atom. The van der Waals surface area contributed by atoms with Crippen molar-refractivity contribution in [3.05, 3.63) is 47.5 Å². The molecule has 202 valence electrons. The van der Waals surface area contributed by atoms with Crippen molar-refractivity contribution in [2.45, 2.75) is 117 Å². The first-order chi connectivity index (χ1) is 17.8. The van der Waals surface area contributed by atoms with Gasteiger partial charge in [-0.2, -0.15) is 0 Å². The van der Waals surface area contributed by atoms with Gasteiger partial charge in [-0.1, -0.05) is 101 Å². The predicted octanol–water partition coefficient (Wildman–Crippen LogP) is 8.15. The molecule has 0 aliphatic heterocycles. The summed E-state index contributed by atoms with van der Waals surface area (Å²) in [5, 5.41) is 11.4. The van der Waals surface area contributed by atoms with Crippen molar-refractivity contribution in [1.29, 1.82) is 0 Å². The lowest BCUT2D eigenvalue weighted by atomic mass is 9.47. The second kappa shape index (κ2) is 11.2. The summed E-state index contributed by atoms with van der Waals surface area (Å²) in [6.45, 7) is 10.6. The average Bonchev–Trinajstić information content (AvgIpc) is 3.17. The van der Waals surface area contributed by atoms with Crippen molar-refractivity contribution in [3.63, 3.8) is 0 Å². The summed E-state index contributed by atoms with van der Waals surface area (Å²) < 4.78 is 6.41. The quantitative estimate of drug-likeness (QED) is 0.273. The van der Waals surface area contributed by atoms with Crippen LogP contribution in [0.15, 0.2) is 42.0 Å². The minimum absolute atomic E-state index is 0.129. The van der Waals surface area contributed by atoms with E-state index in [0.717, 1.165) is 37.6 Å². The van der Waals surface area contributed by atoms with E-state index in [9.17, 15) is 5.11 Å². The molecule has 1 aromatic carbocycles. The fourth-order valence-corrected chi connectivity index (χ4v) is 9.72. The van der Waals surface area contributed by atoms with Crippen LogP contribution in [0.5, 0.6) is 0 Å². The van der Waals surface area contributed by atoms with E-state index < -0.39 is 0 Å². The van der Waals surface area contributed by atoms with Gasteiger partial charge in [0, 0.05) is 0 Å². The maximum absolute atomic E-state index is 11.4. The van der Waals surface area contributed by atoms with Crippen molar-refractivity contribution >= 4 is 7.85 Å². The van der Waals surface area contributed by atoms with Gasteiger partial charge >= 0.3 is 0 Å². The minimum Gasteiger partial charge on any atom is -0.393 e. The molecular weight excluding hydrogens is 451 g/mol. The number of hydrogen-bond acceptors (Lipinski definition) is 2. The molecular formula is C34H51BO2. The number of allylic oxidation sites excluding steroid dienone is 1. The zero-order valence-corrected chi connectivity index (χ0v) is 24.0. The summed E-state index contributed by atoms with van der Waals surface area (Å²) in [4.78, 5) is 0. The van der Waals surface area contributed by atoms with Gasteiger partial charge in [0.15, 0.2) is 0 Å². The molecule has 3 saturated carbocycles. The van der Waals surface area contributed by atoms with Gasteiger partial charge in [-0.15, -0.1) is 0 Å². The summed E-state index contributed by atoms with van der Waals surface area (Å²) in [5.41, 5.74) is 3.57. The molecule has 2 radical (unpaired) electrons. The third-order valence-corrected chi connectivity index (χ3v) is 11.9. The van der Waals surface area contributed by atoms with Crippen molar-refractivity contribution in [3.8, 4) is 0 Å². The van der Waals surface area contributed by atoms with E-state index in [-0.39, 0.29) is 11.5 Å². The highest BCUT2D eigenvalue weighted by Gasteiger charge is 2.61. The molecule has 0 unspecified atom stereocenters. The number of aliphatic hydroxyl groups is 1. The Morgan fingerprint density at radius 3 is 2.59 bits per heavy atom. The van der Waals surface area contributed by atoms with Gasteiger partial charge in [0.2, 0.25) is 0 Å². The molecule has 4 aliphatic rings. The zero-order valence-electron chi connectivity index (χ0n) is 24.0. The number of hydrogen-bond donors (Lipinski definition) is 1. The molecule has 0 aromatic heterocycles. The van der Waals surface area contributed by atoms with E-state index in [1.165, 1.54) is 56.9 Å². The van der Waals surface area contributed by atoms with Gasteiger partial charge in [-0.25, -0.2) is 0 Å². The molecule has 4 aliphatic carbocycles. The Bertz CT molecular complexity index is 929. The van der Waals surface area contributed by atoms with Crippen molar-refractivity contribution in [2.75, 3.05) is 0 Å². The van der Waals surface area contributed by atoms with E-state index >= 15 is 0 Å². The second-order valence-electron chi connectivity index (χ2n) is 14.0. The Balaban J connectivity index is 1.25. The van der Waals surface area contributed by atoms with E-state index in [4.69, 9.17) is 12.6 Å². The third kappa shape index (κ3) is 5.26. The number of fused-ring (bicyclic) bond motifs is 5. The first kappa shape index (κ1) is 27.5. The Labute approximate surface area is 228 Å². The van der Waals surface area contributed by atoms with Crippen LogP contribution in [0.1, 0.15) is 97.5 Å². The topological polar surface area (TPSA) is 29.5 Å². The lowest BCUT2D eigenvalue weighted by Gasteiger charge is -2.58. The summed E-state index contributed by atoms with van der Waals surface area (Å²) in [6, 6.07) is 10.6. The molecule has 10 atom stereocenters. The van der Waals surface area contributed by atoms with Gasteiger partial charge < -0.3 is 9.84 Å². The number of aliphatic hydroxyl groups excluding tert-OH is 1. The van der Waals surface area contributed by atoms with Crippen LogP contribution in [0, 0.1) is 46.3 Å². The van der Waals surface area contributed by atoms with E-state index in [2.05, 4.69) is 64.1 Å². The van der Waals surface area contributed by atoms with E-state index in [1.54, 1.807) is 5.57 Å². The standard InChI is InChI=1S/C34H51BO2/c1-23(21-35)9-8-10-24(2)32-31(36)20-30-28-14-13-26-19-27(37-22-25-11-6-5-7-12-25)15-17-33(26,3)29(28)16-18-34(30,32)4/h5-7,11-13,23-24,27-32,36H,8-10,14-22H2,1-4H3/t23-,24-,27+,28-,29+,30+,31+,32+,33+,34+/m1/s1. The highest BCUT2D eigenvalue weighted by atomic mass is 16.5. The molecule has 5 rings (SSSR count). The largest absolute Gasteiger partial charge is 0.393 e. The average molecular weight is 503 g/mol. The first-order valence-electron chi connectivity index (χ1n) is 15.5. The lowest BCUT2D eigenvalue weighted by molar-refractivity contribution is -0.0690. The van der Waals surface area contributed by atoms with Crippen molar-refractivity contribution < 1.29 is 9.84 Å². The van der Waals surface area contributed by atoms with Crippen molar-refractivity contribution in [2.24, 2.45) is 46.3 Å². The molecule has 0 spiro atoms. The van der Waals surface area contributed by atoms with Gasteiger partial charge in [0.25, 0.3) is 0 Å². The van der Waals surface area contributed by atoms with E-state index in [0.29, 0.717) is 35.2 Å². The molecule has 2 nitrogen and oxygen atoms in total. The summed E-state index contributed by atoms with van der Waals surface area (Å²) in [6.07, 6.45) is 15.7. The molecule has 1 aromatic rings. The Hall–Kier alpha value is -1.06. The number of ether oxygens (including phenoxy) is 1. The molecule has 3 heteroatoms. The van der Waals surface area contributed by atoms with Crippen LogP contribution in [-0.4, -0.2) is 25.2 Å². The normalized spacial score (nSPS) is 40.7. The fourth-order valence-electron chi connectivity index (χ4n) is 9.72. The summed E-state index contributed by atoms with van der Waals surface area (Å²) in [7, 11) is 5.86. The van der Waals surface area contributed by atoms with Gasteiger partial charge in [0.1, 0.15) is 0 Å². The lowest BCUT2D eigenvalue weighted by Crippen LogP contribution is -2.51. The summed E-state index contributed by atoms with van der Waals surface area (Å²) >= 11 is 0. The van der Waals surface area contributed by atoms with Crippen LogP contribution in [0.25, 0.3) is 0 Å². The summed E-state index contributed by atoms with van der Waals surface area (Å²) in [5.74, 6) is 3.83. The SMILES string of the molecule is [B]C[C@H](C)CCC[C@@H](C)[C@H]1[C@@H](O)C[C@H]2[C@@H]3CC=C4C[C@@H](OCc5ccccc5)CC[C@]4(C)[C@H]3CC[C@]12C. The minimum atomic E-state index is -0.129.